The van der Waals surface area contributed by atoms with Crippen LogP contribution in [-0.4, -0.2) is 9.97 Å². The number of halogens is 3. The lowest BCUT2D eigenvalue weighted by Gasteiger charge is -2.08. The van der Waals surface area contributed by atoms with Gasteiger partial charge in [-0.1, -0.05) is 0 Å². The van der Waals surface area contributed by atoms with E-state index in [2.05, 4.69) is 9.97 Å². The normalized spacial score (nSPS) is 11.6. The summed E-state index contributed by atoms with van der Waals surface area (Å²) in [5, 5.41) is 0. The Morgan fingerprint density at radius 3 is 1.62 bits per heavy atom. The third kappa shape index (κ3) is 1.71. The fraction of sp³-hybridized carbons (Fsp3) is 0.200. The Morgan fingerprint density at radius 1 is 0.923 bits per heavy atom. The second-order valence-corrected chi connectivity index (χ2v) is 2.23. The van der Waals surface area contributed by atoms with Gasteiger partial charge in [0, 0.05) is 0 Å². The minimum Gasteiger partial charge on any atom is -0.393 e. The van der Waals surface area contributed by atoms with Crippen LogP contribution in [0.1, 0.15) is 5.82 Å². The highest BCUT2D eigenvalue weighted by atomic mass is 19.4. The van der Waals surface area contributed by atoms with Gasteiger partial charge in [0.1, 0.15) is 5.69 Å². The van der Waals surface area contributed by atoms with Crippen molar-refractivity contribution >= 4 is 17.3 Å². The van der Waals surface area contributed by atoms with Crippen molar-refractivity contribution in [2.45, 2.75) is 6.18 Å². The Labute approximate surface area is 70.8 Å². The number of alkyl halides is 3. The van der Waals surface area contributed by atoms with E-state index < -0.39 is 23.6 Å². The molecule has 1 aromatic heterocycles. The highest BCUT2D eigenvalue weighted by Crippen LogP contribution is 2.29. The summed E-state index contributed by atoms with van der Waals surface area (Å²) in [4.78, 5) is 5.88. The maximum atomic E-state index is 12.0. The average molecular weight is 193 g/mol. The van der Waals surface area contributed by atoms with Gasteiger partial charge >= 0.3 is 6.18 Å². The topological polar surface area (TPSA) is 104 Å². The van der Waals surface area contributed by atoms with E-state index in [1.54, 1.807) is 0 Å². The molecule has 0 unspecified atom stereocenters. The molecule has 5 nitrogen and oxygen atoms in total. The van der Waals surface area contributed by atoms with E-state index in [9.17, 15) is 13.2 Å². The summed E-state index contributed by atoms with van der Waals surface area (Å²) in [5.41, 5.74) is 15.0. The van der Waals surface area contributed by atoms with E-state index >= 15 is 0 Å². The summed E-state index contributed by atoms with van der Waals surface area (Å²) in [6.07, 6.45) is -4.67. The van der Waals surface area contributed by atoms with E-state index in [0.717, 1.165) is 0 Å². The van der Waals surface area contributed by atoms with Gasteiger partial charge in [0.2, 0.25) is 5.82 Å². The van der Waals surface area contributed by atoms with Gasteiger partial charge in [-0.05, 0) is 0 Å². The number of anilines is 3. The molecule has 0 aliphatic heterocycles. The fourth-order valence-electron chi connectivity index (χ4n) is 0.632. The fourth-order valence-corrected chi connectivity index (χ4v) is 0.632. The molecule has 8 heteroatoms. The van der Waals surface area contributed by atoms with Crippen LogP contribution < -0.4 is 17.2 Å². The molecule has 0 spiro atoms. The van der Waals surface area contributed by atoms with E-state index in [1.807, 2.05) is 0 Å². The SMILES string of the molecule is Nc1nc(C(F)(F)F)nc(N)c1N. The van der Waals surface area contributed by atoms with Crippen LogP contribution >= 0.6 is 0 Å². The van der Waals surface area contributed by atoms with Crippen LogP contribution in [0.2, 0.25) is 0 Å². The van der Waals surface area contributed by atoms with Gasteiger partial charge in [-0.3, -0.25) is 0 Å². The largest absolute Gasteiger partial charge is 0.451 e. The van der Waals surface area contributed by atoms with Crippen molar-refractivity contribution < 1.29 is 13.2 Å². The average Bonchev–Trinajstić information content (AvgIpc) is 1.97. The van der Waals surface area contributed by atoms with Crippen molar-refractivity contribution in [3.05, 3.63) is 5.82 Å². The van der Waals surface area contributed by atoms with Gasteiger partial charge in [0.25, 0.3) is 0 Å². The predicted octanol–water partition coefficient (Wildman–Crippen LogP) is 0.242. The zero-order valence-corrected chi connectivity index (χ0v) is 6.26. The molecule has 72 valence electrons. The minimum absolute atomic E-state index is 0.243. The van der Waals surface area contributed by atoms with Crippen LogP contribution in [0.4, 0.5) is 30.5 Å². The molecule has 1 aromatic rings. The number of hydrogen-bond acceptors (Lipinski definition) is 5. The molecule has 13 heavy (non-hydrogen) atoms. The number of nitrogens with zero attached hydrogens (tertiary/aromatic N) is 2. The predicted molar refractivity (Wildman–Crippen MR) is 40.3 cm³/mol. The first-order valence-corrected chi connectivity index (χ1v) is 3.08. The van der Waals surface area contributed by atoms with E-state index in [1.165, 1.54) is 0 Å². The number of nitrogens with two attached hydrogens (primary N) is 3. The number of rotatable bonds is 0. The van der Waals surface area contributed by atoms with Crippen LogP contribution in [0.5, 0.6) is 0 Å². The van der Waals surface area contributed by atoms with Crippen molar-refractivity contribution in [2.24, 2.45) is 0 Å². The highest BCUT2D eigenvalue weighted by Gasteiger charge is 2.35. The van der Waals surface area contributed by atoms with Crippen LogP contribution in [0, 0.1) is 0 Å². The molecule has 1 heterocycles. The quantitative estimate of drug-likeness (QED) is 0.547. The molecule has 0 bridgehead atoms. The van der Waals surface area contributed by atoms with E-state index in [4.69, 9.17) is 17.2 Å². The smallest absolute Gasteiger partial charge is 0.393 e. The van der Waals surface area contributed by atoms with Crippen LogP contribution in [0.25, 0.3) is 0 Å². The summed E-state index contributed by atoms with van der Waals surface area (Å²) >= 11 is 0. The minimum atomic E-state index is -4.67. The molecule has 0 atom stereocenters. The second-order valence-electron chi connectivity index (χ2n) is 2.23. The molecule has 0 aliphatic carbocycles. The lowest BCUT2D eigenvalue weighted by atomic mass is 10.4. The lowest BCUT2D eigenvalue weighted by molar-refractivity contribution is -0.144. The van der Waals surface area contributed by atoms with Crippen molar-refractivity contribution in [3.8, 4) is 0 Å². The van der Waals surface area contributed by atoms with Gasteiger partial charge in [-0.25, -0.2) is 9.97 Å². The van der Waals surface area contributed by atoms with Crippen LogP contribution in [0.15, 0.2) is 0 Å². The van der Waals surface area contributed by atoms with Crippen molar-refractivity contribution in [2.75, 3.05) is 17.2 Å². The van der Waals surface area contributed by atoms with Crippen molar-refractivity contribution in [1.29, 1.82) is 0 Å². The molecule has 0 aliphatic rings. The van der Waals surface area contributed by atoms with Crippen molar-refractivity contribution in [3.63, 3.8) is 0 Å². The number of aromatic nitrogens is 2. The molecular weight excluding hydrogens is 187 g/mol. The second kappa shape index (κ2) is 2.64. The van der Waals surface area contributed by atoms with Gasteiger partial charge in [0.05, 0.1) is 0 Å². The molecule has 0 radical (unpaired) electrons. The van der Waals surface area contributed by atoms with Gasteiger partial charge in [-0.15, -0.1) is 0 Å². The summed E-state index contributed by atoms with van der Waals surface area (Å²) in [6, 6.07) is 0. The zero-order chi connectivity index (χ0) is 10.2. The van der Waals surface area contributed by atoms with E-state index in [-0.39, 0.29) is 5.69 Å². The first-order valence-electron chi connectivity index (χ1n) is 3.08. The number of hydrogen-bond donors (Lipinski definition) is 3. The molecule has 0 amide bonds. The molecule has 1 rings (SSSR count). The zero-order valence-electron chi connectivity index (χ0n) is 6.26. The van der Waals surface area contributed by atoms with Crippen molar-refractivity contribution in [1.82, 2.24) is 9.97 Å². The molecule has 6 N–H and O–H groups in total. The first-order chi connectivity index (χ1) is 5.82. The van der Waals surface area contributed by atoms with Gasteiger partial charge in [0.15, 0.2) is 11.6 Å². The Bertz CT molecular complexity index is 310. The molecule has 0 aromatic carbocycles. The third-order valence-electron chi connectivity index (χ3n) is 1.26. The summed E-state index contributed by atoms with van der Waals surface area (Å²) < 4.78 is 36.0. The molecule has 0 saturated heterocycles. The highest BCUT2D eigenvalue weighted by molar-refractivity contribution is 5.70. The van der Waals surface area contributed by atoms with Crippen LogP contribution in [-0.2, 0) is 6.18 Å². The summed E-state index contributed by atoms with van der Waals surface area (Å²) in [5.74, 6) is -2.34. The Hall–Kier alpha value is -1.73. The molecular formula is C5H6F3N5. The number of nitrogen functional groups attached to an aromatic ring is 3. The van der Waals surface area contributed by atoms with Crippen LogP contribution in [0.3, 0.4) is 0 Å². The summed E-state index contributed by atoms with van der Waals surface area (Å²) in [7, 11) is 0. The molecule has 0 fully saturated rings. The standard InChI is InChI=1S/C5H6F3N5/c6-5(7,8)4-12-2(10)1(9)3(11)13-4/h9H2,(H4,10,11,12,13). The Kier molecular flexibility index (Phi) is 1.90. The molecule has 0 saturated carbocycles. The van der Waals surface area contributed by atoms with E-state index in [0.29, 0.717) is 0 Å². The monoisotopic (exact) mass is 193 g/mol. The Balaban J connectivity index is 3.29. The lowest BCUT2D eigenvalue weighted by Crippen LogP contribution is -2.15. The maximum absolute atomic E-state index is 12.0. The van der Waals surface area contributed by atoms with Gasteiger partial charge in [-0.2, -0.15) is 13.2 Å². The maximum Gasteiger partial charge on any atom is 0.451 e. The first kappa shape index (κ1) is 9.36. The third-order valence-corrected chi connectivity index (χ3v) is 1.26. The summed E-state index contributed by atoms with van der Waals surface area (Å²) in [6.45, 7) is 0. The Morgan fingerprint density at radius 2 is 1.31 bits per heavy atom. The van der Waals surface area contributed by atoms with Gasteiger partial charge < -0.3 is 17.2 Å².